The van der Waals surface area contributed by atoms with E-state index >= 15 is 0 Å². The quantitative estimate of drug-likeness (QED) is 0.138. The average Bonchev–Trinajstić information content (AvgIpc) is 2.94. The molecule has 0 bridgehead atoms. The fourth-order valence-corrected chi connectivity index (χ4v) is 5.72. The van der Waals surface area contributed by atoms with Crippen LogP contribution in [0.1, 0.15) is 33.4 Å². The van der Waals surface area contributed by atoms with Gasteiger partial charge in [0.15, 0.2) is 0 Å². The van der Waals surface area contributed by atoms with Crippen LogP contribution in [0.25, 0.3) is 32.7 Å². The van der Waals surface area contributed by atoms with Crippen LogP contribution in [-0.2, 0) is 16.7 Å². The van der Waals surface area contributed by atoms with Gasteiger partial charge in [-0.1, -0.05) is 74.5 Å². The predicted octanol–water partition coefficient (Wildman–Crippen LogP) is 10.9. The number of halogens is 4. The lowest BCUT2D eigenvalue weighted by Crippen LogP contribution is -1.90. The molecule has 42 heavy (non-hydrogen) atoms. The molecule has 0 aliphatic carbocycles. The van der Waals surface area contributed by atoms with Gasteiger partial charge in [-0.15, -0.1) is 0 Å². The molecule has 0 aliphatic heterocycles. The highest BCUT2D eigenvalue weighted by atomic mass is 79.9. The molecule has 8 heteroatoms. The first kappa shape index (κ1) is 32.1. The highest BCUT2D eigenvalue weighted by Gasteiger charge is 2.04. The maximum atomic E-state index is 5.89. The number of rotatable bonds is 3. The average molecular weight is 684 g/mol. The number of aromatic nitrogens is 3. The monoisotopic (exact) mass is 681 g/mol. The minimum Gasteiger partial charge on any atom is -0.380 e. The second-order valence-electron chi connectivity index (χ2n) is 10.1. The highest BCUT2D eigenvalue weighted by molar-refractivity contribution is 9.08. The van der Waals surface area contributed by atoms with Crippen molar-refractivity contribution in [2.45, 2.75) is 39.6 Å². The lowest BCUT2D eigenvalue weighted by atomic mass is 10.1. The van der Waals surface area contributed by atoms with E-state index < -0.39 is 0 Å². The lowest BCUT2D eigenvalue weighted by molar-refractivity contribution is 0.185. The first-order valence-corrected chi connectivity index (χ1v) is 15.5. The van der Waals surface area contributed by atoms with Gasteiger partial charge in [0.05, 0.1) is 23.2 Å². The Morgan fingerprint density at radius 1 is 0.571 bits per heavy atom. The Morgan fingerprint density at radius 2 is 0.976 bits per heavy atom. The van der Waals surface area contributed by atoms with Crippen molar-refractivity contribution >= 4 is 83.4 Å². The standard InChI is InChI=1S/C12H12ClNO.C11H9BrClN.C11H10ClN/c1-8-5-12(13)14-11-4-3-9(7-15-2)6-10(8)11;1-7-4-11(13)14-10-3-2-8(6-12)5-9(7)10;1-7-3-4-10-9(5-7)8(2)6-11(12)13-10/h3-6H,7H2,1-2H3;2-5H,6H2,1H3;3-6H,1-2H3. The van der Waals surface area contributed by atoms with Gasteiger partial charge >= 0.3 is 0 Å². The topological polar surface area (TPSA) is 47.9 Å². The number of methoxy groups -OCH3 is 1. The summed E-state index contributed by atoms with van der Waals surface area (Å²) < 4.78 is 5.09. The van der Waals surface area contributed by atoms with Gasteiger partial charge in [-0.25, -0.2) is 15.0 Å². The van der Waals surface area contributed by atoms with Crippen LogP contribution >= 0.6 is 50.7 Å². The minimum absolute atomic E-state index is 0.541. The van der Waals surface area contributed by atoms with Crippen molar-refractivity contribution in [2.24, 2.45) is 0 Å². The van der Waals surface area contributed by atoms with Gasteiger partial charge < -0.3 is 4.74 Å². The Morgan fingerprint density at radius 3 is 1.43 bits per heavy atom. The molecule has 0 radical (unpaired) electrons. The summed E-state index contributed by atoms with van der Waals surface area (Å²) in [5, 5.41) is 6.02. The van der Waals surface area contributed by atoms with E-state index in [1.165, 1.54) is 33.0 Å². The molecule has 6 rings (SSSR count). The largest absolute Gasteiger partial charge is 0.380 e. The zero-order chi connectivity index (χ0) is 30.4. The van der Waals surface area contributed by atoms with Crippen LogP contribution in [0.4, 0.5) is 0 Å². The first-order valence-electron chi connectivity index (χ1n) is 13.3. The molecule has 0 saturated carbocycles. The maximum Gasteiger partial charge on any atom is 0.130 e. The molecule has 0 aliphatic rings. The fourth-order valence-electron chi connectivity index (χ4n) is 4.61. The van der Waals surface area contributed by atoms with Crippen molar-refractivity contribution in [2.75, 3.05) is 7.11 Å². The molecule has 0 N–H and O–H groups in total. The molecule has 4 nitrogen and oxygen atoms in total. The normalized spacial score (nSPS) is 10.8. The zero-order valence-electron chi connectivity index (χ0n) is 24.1. The van der Waals surface area contributed by atoms with E-state index in [9.17, 15) is 0 Å². The Bertz CT molecular complexity index is 1880. The van der Waals surface area contributed by atoms with Gasteiger partial charge in [-0.05, 0) is 110 Å². The molecular weight excluding hydrogens is 653 g/mol. The second kappa shape index (κ2) is 14.6. The summed E-state index contributed by atoms with van der Waals surface area (Å²) in [4.78, 5) is 12.8. The van der Waals surface area contributed by atoms with Crippen LogP contribution < -0.4 is 0 Å². The van der Waals surface area contributed by atoms with Crippen LogP contribution in [0.3, 0.4) is 0 Å². The van der Waals surface area contributed by atoms with Crippen molar-refractivity contribution in [3.8, 4) is 0 Å². The second-order valence-corrected chi connectivity index (χ2v) is 11.8. The third-order valence-corrected chi connectivity index (χ3v) is 7.93. The summed E-state index contributed by atoms with van der Waals surface area (Å²) in [6.07, 6.45) is 0. The van der Waals surface area contributed by atoms with E-state index in [1.807, 2.05) is 62.4 Å². The maximum absolute atomic E-state index is 5.89. The number of pyridine rings is 3. The number of hydrogen-bond donors (Lipinski definition) is 0. The van der Waals surface area contributed by atoms with Crippen molar-refractivity contribution in [1.29, 1.82) is 0 Å². The van der Waals surface area contributed by atoms with Crippen molar-refractivity contribution in [3.05, 3.63) is 122 Å². The van der Waals surface area contributed by atoms with E-state index in [2.05, 4.69) is 69.0 Å². The van der Waals surface area contributed by atoms with Gasteiger partial charge in [0.25, 0.3) is 0 Å². The van der Waals surface area contributed by atoms with Crippen molar-refractivity contribution in [1.82, 2.24) is 15.0 Å². The summed E-state index contributed by atoms with van der Waals surface area (Å²) in [6.45, 7) is 8.83. The van der Waals surface area contributed by atoms with Gasteiger partial charge in [-0.3, -0.25) is 0 Å². The molecule has 216 valence electrons. The molecule has 3 aromatic heterocycles. The van der Waals surface area contributed by atoms with Gasteiger partial charge in [-0.2, -0.15) is 0 Å². The van der Waals surface area contributed by atoms with Gasteiger partial charge in [0, 0.05) is 28.6 Å². The molecule has 0 amide bonds. The molecule has 0 spiro atoms. The molecular formula is C34H31BrCl3N3O. The Labute approximate surface area is 270 Å². The lowest BCUT2D eigenvalue weighted by Gasteiger charge is -2.05. The summed E-state index contributed by atoms with van der Waals surface area (Å²) in [7, 11) is 1.69. The third-order valence-electron chi connectivity index (χ3n) is 6.70. The summed E-state index contributed by atoms with van der Waals surface area (Å²) in [6, 6.07) is 24.1. The van der Waals surface area contributed by atoms with Crippen LogP contribution in [0.15, 0.2) is 72.8 Å². The number of alkyl halides is 1. The van der Waals surface area contributed by atoms with E-state index in [-0.39, 0.29) is 0 Å². The van der Waals surface area contributed by atoms with Gasteiger partial charge in [0.1, 0.15) is 15.5 Å². The van der Waals surface area contributed by atoms with E-state index in [1.54, 1.807) is 7.11 Å². The van der Waals surface area contributed by atoms with E-state index in [0.717, 1.165) is 38.4 Å². The van der Waals surface area contributed by atoms with Crippen LogP contribution in [0.2, 0.25) is 15.5 Å². The van der Waals surface area contributed by atoms with Crippen molar-refractivity contribution < 1.29 is 4.74 Å². The summed E-state index contributed by atoms with van der Waals surface area (Å²) in [5.41, 5.74) is 10.0. The summed E-state index contributed by atoms with van der Waals surface area (Å²) in [5.74, 6) is 0. The van der Waals surface area contributed by atoms with Gasteiger partial charge in [0.2, 0.25) is 0 Å². The SMILES string of the molecule is COCc1ccc2nc(Cl)cc(C)c2c1.Cc1cc(Cl)nc2ccc(CBr)cc12.Cc1ccc2nc(Cl)cc(C)c2c1. The van der Waals surface area contributed by atoms with E-state index in [0.29, 0.717) is 22.1 Å². The molecule has 0 atom stereocenters. The fraction of sp³-hybridized carbons (Fsp3) is 0.206. The molecule has 3 heterocycles. The predicted molar refractivity (Wildman–Crippen MR) is 183 cm³/mol. The van der Waals surface area contributed by atoms with Crippen LogP contribution in [0.5, 0.6) is 0 Å². The molecule has 0 unspecified atom stereocenters. The van der Waals surface area contributed by atoms with E-state index in [4.69, 9.17) is 39.5 Å². The van der Waals surface area contributed by atoms with Crippen LogP contribution in [0, 0.1) is 27.7 Å². The molecule has 6 aromatic rings. The number of benzene rings is 3. The number of aryl methyl sites for hydroxylation is 4. The van der Waals surface area contributed by atoms with Crippen LogP contribution in [-0.4, -0.2) is 22.1 Å². The Hall–Kier alpha value is -2.80. The Kier molecular flexibility index (Phi) is 11.2. The highest BCUT2D eigenvalue weighted by Crippen LogP contribution is 2.24. The summed E-state index contributed by atoms with van der Waals surface area (Å²) >= 11 is 21.1. The third kappa shape index (κ3) is 8.18. The number of hydrogen-bond acceptors (Lipinski definition) is 4. The number of ether oxygens (including phenoxy) is 1. The smallest absolute Gasteiger partial charge is 0.130 e. The number of fused-ring (bicyclic) bond motifs is 3. The first-order chi connectivity index (χ1) is 20.1. The molecule has 0 fully saturated rings. The Balaban J connectivity index is 0.000000145. The molecule has 0 saturated heterocycles. The van der Waals surface area contributed by atoms with Crippen molar-refractivity contribution in [3.63, 3.8) is 0 Å². The molecule has 3 aromatic carbocycles. The number of nitrogens with zero attached hydrogens (tertiary/aromatic N) is 3. The minimum atomic E-state index is 0.541. The zero-order valence-corrected chi connectivity index (χ0v) is 28.0.